The quantitative estimate of drug-likeness (QED) is 0.781. The summed E-state index contributed by atoms with van der Waals surface area (Å²) in [6.07, 6.45) is 1.80. The first kappa shape index (κ1) is 23.3. The molecule has 3 amide bonds. The molecule has 2 heterocycles. The standard InChI is InChI=1S/C24H35N3O4/c1-6-18(5)25-21(28)20-15-31-24(11-13-26(14-12-24)22(29)16(2)3)27(20)23(30)19-10-8-7-9-17(19)4/h7-10,16,18,20H,6,11-15H2,1-5H3,(H,25,28)/t18-,20+/m0/s1. The first-order valence-electron chi connectivity index (χ1n) is 11.3. The van der Waals surface area contributed by atoms with Crippen LogP contribution in [0.25, 0.3) is 0 Å². The molecule has 0 radical (unpaired) electrons. The maximum Gasteiger partial charge on any atom is 0.257 e. The summed E-state index contributed by atoms with van der Waals surface area (Å²) in [5.41, 5.74) is 0.572. The molecule has 7 heteroatoms. The minimum Gasteiger partial charge on any atom is -0.353 e. The molecule has 0 aromatic heterocycles. The lowest BCUT2D eigenvalue weighted by atomic mass is 9.95. The van der Waals surface area contributed by atoms with Crippen LogP contribution in [0, 0.1) is 12.8 Å². The van der Waals surface area contributed by atoms with E-state index in [9.17, 15) is 14.4 Å². The normalized spacial score (nSPS) is 21.4. The molecule has 1 aromatic rings. The third-order valence-electron chi connectivity index (χ3n) is 6.51. The number of hydrogen-bond donors (Lipinski definition) is 1. The van der Waals surface area contributed by atoms with Gasteiger partial charge in [-0.2, -0.15) is 0 Å². The molecule has 0 bridgehead atoms. The number of amides is 3. The molecule has 170 valence electrons. The summed E-state index contributed by atoms with van der Waals surface area (Å²) in [6, 6.07) is 6.76. The van der Waals surface area contributed by atoms with Crippen molar-refractivity contribution in [1.29, 1.82) is 0 Å². The predicted octanol–water partition coefficient (Wildman–Crippen LogP) is 2.73. The van der Waals surface area contributed by atoms with Gasteiger partial charge in [0.1, 0.15) is 11.8 Å². The fourth-order valence-electron chi connectivity index (χ4n) is 4.39. The zero-order valence-corrected chi connectivity index (χ0v) is 19.3. The molecular formula is C24H35N3O4. The van der Waals surface area contributed by atoms with E-state index in [1.54, 1.807) is 11.0 Å². The van der Waals surface area contributed by atoms with Crippen LogP contribution in [0.15, 0.2) is 24.3 Å². The highest BCUT2D eigenvalue weighted by molar-refractivity contribution is 5.99. The van der Waals surface area contributed by atoms with Gasteiger partial charge in [-0.1, -0.05) is 39.0 Å². The third kappa shape index (κ3) is 4.61. The molecule has 2 aliphatic rings. The van der Waals surface area contributed by atoms with Gasteiger partial charge in [0.15, 0.2) is 0 Å². The van der Waals surface area contributed by atoms with Crippen LogP contribution in [-0.2, 0) is 14.3 Å². The van der Waals surface area contributed by atoms with Gasteiger partial charge in [0.05, 0.1) is 6.61 Å². The van der Waals surface area contributed by atoms with Gasteiger partial charge in [0.25, 0.3) is 5.91 Å². The molecule has 0 aliphatic carbocycles. The Morgan fingerprint density at radius 1 is 1.16 bits per heavy atom. The minimum atomic E-state index is -0.870. The molecular weight excluding hydrogens is 394 g/mol. The number of likely N-dealkylation sites (tertiary alicyclic amines) is 1. The van der Waals surface area contributed by atoms with Crippen molar-refractivity contribution in [1.82, 2.24) is 15.1 Å². The highest BCUT2D eigenvalue weighted by atomic mass is 16.5. The maximum absolute atomic E-state index is 13.7. The second kappa shape index (κ2) is 9.39. The van der Waals surface area contributed by atoms with E-state index in [0.717, 1.165) is 12.0 Å². The summed E-state index contributed by atoms with van der Waals surface area (Å²) in [7, 11) is 0. The number of benzene rings is 1. The molecule has 0 unspecified atom stereocenters. The molecule has 2 saturated heterocycles. The first-order valence-corrected chi connectivity index (χ1v) is 11.3. The van der Waals surface area contributed by atoms with Gasteiger partial charge in [0, 0.05) is 43.5 Å². The Bertz CT molecular complexity index is 830. The smallest absolute Gasteiger partial charge is 0.257 e. The average molecular weight is 430 g/mol. The van der Waals surface area contributed by atoms with E-state index in [0.29, 0.717) is 31.5 Å². The fraction of sp³-hybridized carbons (Fsp3) is 0.625. The Balaban J connectivity index is 1.90. The van der Waals surface area contributed by atoms with Crippen molar-refractivity contribution in [3.05, 3.63) is 35.4 Å². The van der Waals surface area contributed by atoms with Gasteiger partial charge in [-0.15, -0.1) is 0 Å². The molecule has 1 aromatic carbocycles. The number of rotatable bonds is 5. The van der Waals surface area contributed by atoms with Crippen LogP contribution < -0.4 is 5.32 Å². The summed E-state index contributed by atoms with van der Waals surface area (Å²) in [5.74, 6) is -0.342. The van der Waals surface area contributed by atoms with Crippen LogP contribution in [0.5, 0.6) is 0 Å². The van der Waals surface area contributed by atoms with Gasteiger partial charge < -0.3 is 15.0 Å². The lowest BCUT2D eigenvalue weighted by molar-refractivity contribution is -0.146. The number of carbonyl (C=O) groups is 3. The Morgan fingerprint density at radius 2 is 1.81 bits per heavy atom. The zero-order valence-electron chi connectivity index (χ0n) is 19.3. The van der Waals surface area contributed by atoms with Crippen molar-refractivity contribution < 1.29 is 19.1 Å². The summed E-state index contributed by atoms with van der Waals surface area (Å²) in [4.78, 5) is 42.7. The number of nitrogens with one attached hydrogen (secondary N) is 1. The van der Waals surface area contributed by atoms with Crippen molar-refractivity contribution in [3.8, 4) is 0 Å². The molecule has 7 nitrogen and oxygen atoms in total. The van der Waals surface area contributed by atoms with E-state index in [4.69, 9.17) is 4.74 Å². The fourth-order valence-corrected chi connectivity index (χ4v) is 4.39. The van der Waals surface area contributed by atoms with E-state index in [2.05, 4.69) is 5.32 Å². The summed E-state index contributed by atoms with van der Waals surface area (Å²) >= 11 is 0. The SMILES string of the molecule is CC[C@H](C)NC(=O)[C@H]1COC2(CCN(C(=O)C(C)C)CC2)N1C(=O)c1ccccc1C. The predicted molar refractivity (Wildman–Crippen MR) is 118 cm³/mol. The number of ether oxygens (including phenoxy) is 1. The van der Waals surface area contributed by atoms with Crippen molar-refractivity contribution >= 4 is 17.7 Å². The monoisotopic (exact) mass is 429 g/mol. The molecule has 2 atom stereocenters. The number of aryl methyl sites for hydroxylation is 1. The van der Waals surface area contributed by atoms with E-state index >= 15 is 0 Å². The Labute approximate surface area is 185 Å². The number of piperidine rings is 1. The molecule has 1 spiro atoms. The van der Waals surface area contributed by atoms with E-state index in [1.807, 2.05) is 57.7 Å². The lowest BCUT2D eigenvalue weighted by Gasteiger charge is -2.45. The van der Waals surface area contributed by atoms with Crippen molar-refractivity contribution in [3.63, 3.8) is 0 Å². The topological polar surface area (TPSA) is 79.0 Å². The highest BCUT2D eigenvalue weighted by Gasteiger charge is 2.54. The summed E-state index contributed by atoms with van der Waals surface area (Å²) in [5, 5.41) is 3.01. The number of nitrogens with zero attached hydrogens (tertiary/aromatic N) is 2. The van der Waals surface area contributed by atoms with E-state index in [-0.39, 0.29) is 36.3 Å². The largest absolute Gasteiger partial charge is 0.353 e. The van der Waals surface area contributed by atoms with Crippen molar-refractivity contribution in [2.75, 3.05) is 19.7 Å². The zero-order chi connectivity index (χ0) is 22.8. The summed E-state index contributed by atoms with van der Waals surface area (Å²) in [6.45, 7) is 10.8. The van der Waals surface area contributed by atoms with Gasteiger partial charge in [0.2, 0.25) is 11.8 Å². The van der Waals surface area contributed by atoms with Gasteiger partial charge in [-0.25, -0.2) is 0 Å². The molecule has 1 N–H and O–H groups in total. The Kier molecular flexibility index (Phi) is 7.04. The second-order valence-corrected chi connectivity index (χ2v) is 9.06. The molecule has 0 saturated carbocycles. The van der Waals surface area contributed by atoms with E-state index < -0.39 is 11.8 Å². The Hall–Kier alpha value is -2.41. The summed E-state index contributed by atoms with van der Waals surface area (Å²) < 4.78 is 6.22. The minimum absolute atomic E-state index is 0.0185. The van der Waals surface area contributed by atoms with Crippen LogP contribution in [-0.4, -0.2) is 65.0 Å². The van der Waals surface area contributed by atoms with Crippen LogP contribution >= 0.6 is 0 Å². The molecule has 3 rings (SSSR count). The first-order chi connectivity index (χ1) is 14.7. The van der Waals surface area contributed by atoms with E-state index in [1.165, 1.54) is 0 Å². The maximum atomic E-state index is 13.7. The van der Waals surface area contributed by atoms with Crippen LogP contribution in [0.1, 0.15) is 62.9 Å². The van der Waals surface area contributed by atoms with Gasteiger partial charge >= 0.3 is 0 Å². The molecule has 2 aliphatic heterocycles. The third-order valence-corrected chi connectivity index (χ3v) is 6.51. The number of carbonyl (C=O) groups excluding carboxylic acids is 3. The van der Waals surface area contributed by atoms with Crippen LogP contribution in [0.4, 0.5) is 0 Å². The molecule has 31 heavy (non-hydrogen) atoms. The van der Waals surface area contributed by atoms with Crippen molar-refractivity contribution in [2.45, 2.75) is 71.7 Å². The molecule has 2 fully saturated rings. The highest BCUT2D eigenvalue weighted by Crippen LogP contribution is 2.39. The van der Waals surface area contributed by atoms with Crippen LogP contribution in [0.2, 0.25) is 0 Å². The van der Waals surface area contributed by atoms with Crippen molar-refractivity contribution in [2.24, 2.45) is 5.92 Å². The van der Waals surface area contributed by atoms with Gasteiger partial charge in [-0.3, -0.25) is 19.3 Å². The Morgan fingerprint density at radius 3 is 2.39 bits per heavy atom. The van der Waals surface area contributed by atoms with Crippen LogP contribution in [0.3, 0.4) is 0 Å². The average Bonchev–Trinajstić information content (AvgIpc) is 3.12. The number of hydrogen-bond acceptors (Lipinski definition) is 4. The second-order valence-electron chi connectivity index (χ2n) is 9.06. The lowest BCUT2D eigenvalue weighted by Crippen LogP contribution is -2.60. The van der Waals surface area contributed by atoms with Gasteiger partial charge in [-0.05, 0) is 31.9 Å².